The smallest absolute Gasteiger partial charge is 0.406 e. The zero-order valence-electron chi connectivity index (χ0n) is 11.0. The quantitative estimate of drug-likeness (QED) is 0.682. The number of rotatable bonds is 3. The molecule has 8 heteroatoms. The highest BCUT2D eigenvalue weighted by atomic mass is 35.5. The van der Waals surface area contributed by atoms with Crippen LogP contribution in [0.15, 0.2) is 42.7 Å². The van der Waals surface area contributed by atoms with Gasteiger partial charge in [-0.05, 0) is 23.8 Å². The normalized spacial score (nSPS) is 11.8. The van der Waals surface area contributed by atoms with Crippen molar-refractivity contribution in [3.05, 3.63) is 53.4 Å². The number of benzene rings is 1. The van der Waals surface area contributed by atoms with Crippen molar-refractivity contribution < 1.29 is 17.9 Å². The zero-order chi connectivity index (χ0) is 15.7. The molecule has 0 amide bonds. The van der Waals surface area contributed by atoms with E-state index < -0.39 is 6.36 Å². The Kier molecular flexibility index (Phi) is 3.66. The van der Waals surface area contributed by atoms with Crippen LogP contribution >= 0.6 is 11.6 Å². The average molecular weight is 328 g/mol. The van der Waals surface area contributed by atoms with Crippen LogP contribution in [0.3, 0.4) is 0 Å². The lowest BCUT2D eigenvalue weighted by Crippen LogP contribution is -2.17. The summed E-state index contributed by atoms with van der Waals surface area (Å²) in [6.45, 7) is 0.292. The second kappa shape index (κ2) is 5.49. The third kappa shape index (κ3) is 3.30. The molecule has 0 saturated heterocycles. The first-order valence-electron chi connectivity index (χ1n) is 6.23. The molecule has 22 heavy (non-hydrogen) atoms. The minimum atomic E-state index is -4.71. The van der Waals surface area contributed by atoms with Gasteiger partial charge >= 0.3 is 6.36 Å². The van der Waals surface area contributed by atoms with Gasteiger partial charge in [-0.2, -0.15) is 5.10 Å². The van der Waals surface area contributed by atoms with E-state index in [0.29, 0.717) is 28.2 Å². The van der Waals surface area contributed by atoms with E-state index in [2.05, 4.69) is 14.8 Å². The number of aromatic nitrogens is 3. The number of hydrogen-bond donors (Lipinski definition) is 0. The minimum absolute atomic E-state index is 0.263. The Labute approximate surface area is 128 Å². The van der Waals surface area contributed by atoms with E-state index in [4.69, 9.17) is 11.6 Å². The molecule has 0 bridgehead atoms. The van der Waals surface area contributed by atoms with Crippen molar-refractivity contribution in [3.63, 3.8) is 0 Å². The van der Waals surface area contributed by atoms with Crippen LogP contribution in [0.1, 0.15) is 5.56 Å². The maximum atomic E-state index is 12.2. The number of nitrogens with zero attached hydrogens (tertiary/aromatic N) is 3. The second-order valence-electron chi connectivity index (χ2n) is 4.56. The molecular weight excluding hydrogens is 319 g/mol. The van der Waals surface area contributed by atoms with Crippen LogP contribution in [0.4, 0.5) is 13.2 Å². The van der Waals surface area contributed by atoms with E-state index in [0.717, 1.165) is 0 Å². The van der Waals surface area contributed by atoms with Crippen molar-refractivity contribution in [2.24, 2.45) is 0 Å². The van der Waals surface area contributed by atoms with Gasteiger partial charge in [0.25, 0.3) is 0 Å². The van der Waals surface area contributed by atoms with Gasteiger partial charge in [0.1, 0.15) is 10.9 Å². The predicted octanol–water partition coefficient (Wildman–Crippen LogP) is 4.03. The first kappa shape index (κ1) is 14.6. The van der Waals surface area contributed by atoms with Crippen LogP contribution < -0.4 is 4.74 Å². The summed E-state index contributed by atoms with van der Waals surface area (Å²) in [5.74, 6) is -0.263. The largest absolute Gasteiger partial charge is 0.573 e. The number of ether oxygens (including phenoxy) is 1. The summed E-state index contributed by atoms with van der Waals surface area (Å²) < 4.78 is 42.2. The fourth-order valence-electron chi connectivity index (χ4n) is 2.07. The molecule has 0 aliphatic heterocycles. The molecule has 0 saturated carbocycles. The molecule has 0 spiro atoms. The minimum Gasteiger partial charge on any atom is -0.406 e. The van der Waals surface area contributed by atoms with Gasteiger partial charge in [0.05, 0.1) is 17.4 Å². The van der Waals surface area contributed by atoms with Gasteiger partial charge in [-0.25, -0.2) is 4.98 Å². The Hall–Kier alpha value is -2.28. The van der Waals surface area contributed by atoms with E-state index in [9.17, 15) is 13.2 Å². The van der Waals surface area contributed by atoms with Crippen LogP contribution in [0.5, 0.6) is 5.75 Å². The molecule has 2 aromatic heterocycles. The predicted molar refractivity (Wildman–Crippen MR) is 74.8 cm³/mol. The van der Waals surface area contributed by atoms with Gasteiger partial charge in [0.15, 0.2) is 0 Å². The van der Waals surface area contributed by atoms with Gasteiger partial charge in [-0.15, -0.1) is 13.2 Å². The highest BCUT2D eigenvalue weighted by Crippen LogP contribution is 2.24. The van der Waals surface area contributed by atoms with Crippen molar-refractivity contribution >= 4 is 22.5 Å². The lowest BCUT2D eigenvalue weighted by atomic mass is 10.2. The van der Waals surface area contributed by atoms with E-state index in [-0.39, 0.29) is 5.75 Å². The summed E-state index contributed by atoms with van der Waals surface area (Å²) in [5.41, 5.74) is 1.29. The maximum Gasteiger partial charge on any atom is 0.573 e. The van der Waals surface area contributed by atoms with Gasteiger partial charge in [0, 0.05) is 12.4 Å². The number of pyridine rings is 1. The van der Waals surface area contributed by atoms with Crippen molar-refractivity contribution in [3.8, 4) is 5.75 Å². The van der Waals surface area contributed by atoms with E-state index in [1.165, 1.54) is 18.2 Å². The molecule has 0 fully saturated rings. The van der Waals surface area contributed by atoms with Crippen LogP contribution in [0, 0.1) is 0 Å². The lowest BCUT2D eigenvalue weighted by Gasteiger charge is -2.10. The van der Waals surface area contributed by atoms with Crippen molar-refractivity contribution in [1.29, 1.82) is 0 Å². The Morgan fingerprint density at radius 1 is 1.23 bits per heavy atom. The fraction of sp³-hybridized carbons (Fsp3) is 0.143. The van der Waals surface area contributed by atoms with Gasteiger partial charge in [0.2, 0.25) is 0 Å². The molecule has 0 radical (unpaired) electrons. The summed E-state index contributed by atoms with van der Waals surface area (Å²) in [6, 6.07) is 7.46. The molecule has 3 rings (SSSR count). The van der Waals surface area contributed by atoms with Crippen LogP contribution in [0.25, 0.3) is 10.9 Å². The molecule has 0 aliphatic rings. The first-order chi connectivity index (χ1) is 10.4. The van der Waals surface area contributed by atoms with Gasteiger partial charge in [-0.1, -0.05) is 23.7 Å². The number of fused-ring (bicyclic) bond motifs is 1. The molecule has 3 aromatic rings. The molecule has 0 unspecified atom stereocenters. The van der Waals surface area contributed by atoms with Crippen LogP contribution in [-0.2, 0) is 6.54 Å². The van der Waals surface area contributed by atoms with E-state index >= 15 is 0 Å². The van der Waals surface area contributed by atoms with E-state index in [1.807, 2.05) is 0 Å². The Morgan fingerprint density at radius 3 is 2.77 bits per heavy atom. The van der Waals surface area contributed by atoms with Crippen molar-refractivity contribution in [2.45, 2.75) is 12.9 Å². The highest BCUT2D eigenvalue weighted by Gasteiger charge is 2.31. The summed E-state index contributed by atoms with van der Waals surface area (Å²) in [5, 5.41) is 5.32. The Balaban J connectivity index is 1.85. The number of hydrogen-bond acceptors (Lipinski definition) is 3. The third-order valence-electron chi connectivity index (χ3n) is 2.91. The highest BCUT2D eigenvalue weighted by molar-refractivity contribution is 6.34. The number of alkyl halides is 3. The zero-order valence-corrected chi connectivity index (χ0v) is 11.8. The molecular formula is C14H9ClF3N3O. The van der Waals surface area contributed by atoms with Crippen molar-refractivity contribution in [1.82, 2.24) is 14.8 Å². The van der Waals surface area contributed by atoms with Crippen LogP contribution in [0.2, 0.25) is 5.15 Å². The number of halogens is 4. The molecule has 114 valence electrons. The summed E-state index contributed by atoms with van der Waals surface area (Å²) in [4.78, 5) is 3.95. The lowest BCUT2D eigenvalue weighted by molar-refractivity contribution is -0.274. The summed E-state index contributed by atoms with van der Waals surface area (Å²) in [6.07, 6.45) is -1.47. The van der Waals surface area contributed by atoms with Gasteiger partial charge < -0.3 is 4.74 Å². The monoisotopic (exact) mass is 327 g/mol. The summed E-state index contributed by atoms with van der Waals surface area (Å²) >= 11 is 5.96. The summed E-state index contributed by atoms with van der Waals surface area (Å²) in [7, 11) is 0. The topological polar surface area (TPSA) is 39.9 Å². The molecule has 4 nitrogen and oxygen atoms in total. The Bertz CT molecular complexity index is 816. The fourth-order valence-corrected chi connectivity index (χ4v) is 2.27. The van der Waals surface area contributed by atoms with Gasteiger partial charge in [-0.3, -0.25) is 4.68 Å². The van der Waals surface area contributed by atoms with E-state index in [1.54, 1.807) is 29.2 Å². The standard InChI is InChI=1S/C14H9ClF3N3O/c15-13-11-8-21(20-12(11)4-5-19-13)7-9-2-1-3-10(6-9)22-14(16,17)18/h1-6,8H,7H2. The molecule has 0 atom stereocenters. The van der Waals surface area contributed by atoms with Crippen LogP contribution in [-0.4, -0.2) is 21.1 Å². The average Bonchev–Trinajstić information content (AvgIpc) is 2.81. The van der Waals surface area contributed by atoms with Crippen molar-refractivity contribution in [2.75, 3.05) is 0 Å². The molecule has 2 heterocycles. The Morgan fingerprint density at radius 2 is 2.05 bits per heavy atom. The maximum absolute atomic E-state index is 12.2. The second-order valence-corrected chi connectivity index (χ2v) is 4.91. The molecule has 0 aliphatic carbocycles. The first-order valence-corrected chi connectivity index (χ1v) is 6.61. The molecule has 0 N–H and O–H groups in total. The SMILES string of the molecule is FC(F)(F)Oc1cccc(Cn2cc3c(Cl)nccc3n2)c1. The molecule has 1 aromatic carbocycles. The third-order valence-corrected chi connectivity index (χ3v) is 3.21.